The molecular formula is C21H26F2N2O2. The molecule has 2 aromatic rings. The van der Waals surface area contributed by atoms with E-state index in [1.54, 1.807) is 36.4 Å². The van der Waals surface area contributed by atoms with Crippen LogP contribution < -0.4 is 9.47 Å². The highest BCUT2D eigenvalue weighted by Crippen LogP contribution is 2.16. The van der Waals surface area contributed by atoms with Gasteiger partial charge in [0.25, 0.3) is 0 Å². The number of para-hydroxylation sites is 2. The maximum Gasteiger partial charge on any atom is 0.165 e. The highest BCUT2D eigenvalue weighted by atomic mass is 19.1. The highest BCUT2D eigenvalue weighted by Gasteiger charge is 2.15. The molecule has 0 spiro atoms. The number of hydrogen-bond acceptors (Lipinski definition) is 4. The lowest BCUT2D eigenvalue weighted by Crippen LogP contribution is -2.35. The standard InChI is InChI=1S/C21H26F2N2O2/c22-18-6-1-3-8-20(18)26-16-14-24-10-5-11-25(13-12-24)15-17-27-21-9-4-2-7-19(21)23/h1-4,6-9H,5,10-17H2. The van der Waals surface area contributed by atoms with Gasteiger partial charge in [0, 0.05) is 26.2 Å². The Morgan fingerprint density at radius 1 is 0.667 bits per heavy atom. The molecule has 1 saturated heterocycles. The van der Waals surface area contributed by atoms with Gasteiger partial charge in [-0.15, -0.1) is 0 Å². The minimum Gasteiger partial charge on any atom is -0.489 e. The van der Waals surface area contributed by atoms with Gasteiger partial charge in [-0.2, -0.15) is 0 Å². The van der Waals surface area contributed by atoms with Gasteiger partial charge in [0.2, 0.25) is 0 Å². The molecule has 3 rings (SSSR count). The minimum absolute atomic E-state index is 0.305. The van der Waals surface area contributed by atoms with E-state index >= 15 is 0 Å². The Morgan fingerprint density at radius 3 is 1.56 bits per heavy atom. The average molecular weight is 376 g/mol. The number of hydrogen-bond donors (Lipinski definition) is 0. The van der Waals surface area contributed by atoms with Crippen LogP contribution in [-0.4, -0.2) is 62.3 Å². The summed E-state index contributed by atoms with van der Waals surface area (Å²) in [5, 5.41) is 0. The second kappa shape index (κ2) is 10.2. The van der Waals surface area contributed by atoms with Crippen LogP contribution in [0.1, 0.15) is 6.42 Å². The van der Waals surface area contributed by atoms with Crippen LogP contribution in [0.25, 0.3) is 0 Å². The van der Waals surface area contributed by atoms with Gasteiger partial charge in [-0.25, -0.2) is 8.78 Å². The average Bonchev–Trinajstić information content (AvgIpc) is 2.90. The number of ether oxygens (including phenoxy) is 2. The number of benzene rings is 2. The van der Waals surface area contributed by atoms with E-state index in [9.17, 15) is 8.78 Å². The van der Waals surface area contributed by atoms with Gasteiger partial charge in [0.1, 0.15) is 13.2 Å². The van der Waals surface area contributed by atoms with Crippen LogP contribution in [0.15, 0.2) is 48.5 Å². The first-order chi connectivity index (χ1) is 13.2. The smallest absolute Gasteiger partial charge is 0.165 e. The zero-order valence-electron chi connectivity index (χ0n) is 15.4. The molecule has 2 aromatic carbocycles. The van der Waals surface area contributed by atoms with Crippen molar-refractivity contribution in [2.75, 3.05) is 52.5 Å². The predicted octanol–water partition coefficient (Wildman–Crippen LogP) is 3.43. The zero-order chi connectivity index (χ0) is 18.9. The second-order valence-electron chi connectivity index (χ2n) is 6.59. The lowest BCUT2D eigenvalue weighted by Gasteiger charge is -2.22. The molecule has 0 aromatic heterocycles. The van der Waals surface area contributed by atoms with Gasteiger partial charge in [-0.3, -0.25) is 9.80 Å². The molecule has 0 N–H and O–H groups in total. The third-order valence-corrected chi connectivity index (χ3v) is 4.68. The van der Waals surface area contributed by atoms with E-state index in [1.165, 1.54) is 12.1 Å². The Bertz CT molecular complexity index is 655. The maximum atomic E-state index is 13.6. The number of rotatable bonds is 8. The SMILES string of the molecule is Fc1ccccc1OCCN1CCCN(CCOc2ccccc2F)CC1. The highest BCUT2D eigenvalue weighted by molar-refractivity contribution is 5.24. The summed E-state index contributed by atoms with van der Waals surface area (Å²) < 4.78 is 38.2. The molecule has 0 amide bonds. The fourth-order valence-corrected chi connectivity index (χ4v) is 3.16. The first-order valence-corrected chi connectivity index (χ1v) is 9.42. The van der Waals surface area contributed by atoms with E-state index in [-0.39, 0.29) is 11.6 Å². The van der Waals surface area contributed by atoms with E-state index in [1.807, 2.05) is 0 Å². The normalized spacial score (nSPS) is 16.1. The van der Waals surface area contributed by atoms with E-state index in [0.717, 1.165) is 45.7 Å². The van der Waals surface area contributed by atoms with Gasteiger partial charge in [-0.05, 0) is 43.8 Å². The van der Waals surface area contributed by atoms with E-state index in [0.29, 0.717) is 24.7 Å². The van der Waals surface area contributed by atoms with E-state index < -0.39 is 0 Å². The first-order valence-electron chi connectivity index (χ1n) is 9.42. The fraction of sp³-hybridized carbons (Fsp3) is 0.429. The van der Waals surface area contributed by atoms with E-state index in [2.05, 4.69) is 9.80 Å². The van der Waals surface area contributed by atoms with Gasteiger partial charge in [0.05, 0.1) is 0 Å². The van der Waals surface area contributed by atoms with Crippen molar-refractivity contribution >= 4 is 0 Å². The molecule has 0 unspecified atom stereocenters. The Morgan fingerprint density at radius 2 is 1.11 bits per heavy atom. The molecule has 1 aliphatic rings. The molecule has 0 radical (unpaired) electrons. The Balaban J connectivity index is 1.35. The summed E-state index contributed by atoms with van der Waals surface area (Å²) >= 11 is 0. The molecule has 6 heteroatoms. The summed E-state index contributed by atoms with van der Waals surface area (Å²) in [6.45, 7) is 6.33. The summed E-state index contributed by atoms with van der Waals surface area (Å²) in [6, 6.07) is 13.0. The molecule has 0 atom stereocenters. The molecule has 0 saturated carbocycles. The van der Waals surface area contributed by atoms with Crippen molar-refractivity contribution in [1.29, 1.82) is 0 Å². The number of nitrogens with zero attached hydrogens (tertiary/aromatic N) is 2. The summed E-state index contributed by atoms with van der Waals surface area (Å²) in [4.78, 5) is 4.66. The lowest BCUT2D eigenvalue weighted by molar-refractivity contribution is 0.191. The Kier molecular flexibility index (Phi) is 7.42. The van der Waals surface area contributed by atoms with Crippen LogP contribution in [0.4, 0.5) is 8.78 Å². The van der Waals surface area contributed by atoms with Gasteiger partial charge >= 0.3 is 0 Å². The topological polar surface area (TPSA) is 24.9 Å². The van der Waals surface area contributed by atoms with Crippen molar-refractivity contribution in [3.63, 3.8) is 0 Å². The largest absolute Gasteiger partial charge is 0.489 e. The minimum atomic E-state index is -0.325. The van der Waals surface area contributed by atoms with Gasteiger partial charge in [0.15, 0.2) is 23.1 Å². The van der Waals surface area contributed by atoms with Crippen LogP contribution in [0.2, 0.25) is 0 Å². The molecule has 4 nitrogen and oxygen atoms in total. The molecule has 1 aliphatic heterocycles. The molecule has 1 heterocycles. The predicted molar refractivity (Wildman–Crippen MR) is 101 cm³/mol. The quantitative estimate of drug-likeness (QED) is 0.705. The summed E-state index contributed by atoms with van der Waals surface area (Å²) in [5.41, 5.74) is 0. The van der Waals surface area contributed by atoms with Crippen molar-refractivity contribution in [1.82, 2.24) is 9.80 Å². The van der Waals surface area contributed by atoms with Crippen LogP contribution in [0, 0.1) is 11.6 Å². The molecular weight excluding hydrogens is 350 g/mol. The zero-order valence-corrected chi connectivity index (χ0v) is 15.4. The monoisotopic (exact) mass is 376 g/mol. The van der Waals surface area contributed by atoms with Crippen molar-refractivity contribution in [2.24, 2.45) is 0 Å². The molecule has 146 valence electrons. The van der Waals surface area contributed by atoms with Gasteiger partial charge < -0.3 is 9.47 Å². The molecule has 27 heavy (non-hydrogen) atoms. The second-order valence-corrected chi connectivity index (χ2v) is 6.59. The third-order valence-electron chi connectivity index (χ3n) is 4.68. The Hall–Kier alpha value is -2.18. The van der Waals surface area contributed by atoms with Crippen LogP contribution >= 0.6 is 0 Å². The van der Waals surface area contributed by atoms with Gasteiger partial charge in [-0.1, -0.05) is 24.3 Å². The first kappa shape index (κ1) is 19.6. The van der Waals surface area contributed by atoms with Crippen molar-refractivity contribution in [3.05, 3.63) is 60.2 Å². The summed E-state index contributed by atoms with van der Waals surface area (Å²) in [7, 11) is 0. The van der Waals surface area contributed by atoms with Crippen molar-refractivity contribution in [2.45, 2.75) is 6.42 Å². The lowest BCUT2D eigenvalue weighted by atomic mass is 10.3. The Labute approximate surface area is 159 Å². The third kappa shape index (κ3) is 6.19. The molecule has 0 bridgehead atoms. The van der Waals surface area contributed by atoms with Crippen LogP contribution in [0.5, 0.6) is 11.5 Å². The van der Waals surface area contributed by atoms with Crippen molar-refractivity contribution in [3.8, 4) is 11.5 Å². The summed E-state index contributed by atoms with van der Waals surface area (Å²) in [6.07, 6.45) is 1.05. The number of halogens is 2. The molecule has 1 fully saturated rings. The van der Waals surface area contributed by atoms with E-state index in [4.69, 9.17) is 9.47 Å². The van der Waals surface area contributed by atoms with Crippen LogP contribution in [0.3, 0.4) is 0 Å². The van der Waals surface area contributed by atoms with Crippen LogP contribution in [-0.2, 0) is 0 Å². The summed E-state index contributed by atoms with van der Waals surface area (Å²) in [5.74, 6) is -0.0396. The maximum absolute atomic E-state index is 13.6. The fourth-order valence-electron chi connectivity index (χ4n) is 3.16. The van der Waals surface area contributed by atoms with Crippen molar-refractivity contribution < 1.29 is 18.3 Å². The molecule has 0 aliphatic carbocycles.